The fourth-order valence-electron chi connectivity index (χ4n) is 1.58. The number of ether oxygens (including phenoxy) is 1. The van der Waals surface area contributed by atoms with Crippen molar-refractivity contribution in [3.05, 3.63) is 30.1 Å². The van der Waals surface area contributed by atoms with Crippen LogP contribution < -0.4 is 10.6 Å². The lowest BCUT2D eigenvalue weighted by atomic mass is 10.3. The molecule has 0 atom stereocenters. The van der Waals surface area contributed by atoms with E-state index in [1.165, 1.54) is 0 Å². The van der Waals surface area contributed by atoms with E-state index in [1.54, 1.807) is 13.2 Å². The van der Waals surface area contributed by atoms with E-state index in [1.807, 2.05) is 25.1 Å². The first-order valence-corrected chi connectivity index (χ1v) is 6.79. The largest absolute Gasteiger partial charge is 0.382 e. The highest BCUT2D eigenvalue weighted by atomic mass is 127. The van der Waals surface area contributed by atoms with E-state index in [0.717, 1.165) is 44.3 Å². The van der Waals surface area contributed by atoms with Gasteiger partial charge in [0.1, 0.15) is 0 Å². The van der Waals surface area contributed by atoms with Gasteiger partial charge in [0, 0.05) is 33.0 Å². The zero-order valence-electron chi connectivity index (χ0n) is 12.3. The first-order chi connectivity index (χ1) is 9.36. The minimum absolute atomic E-state index is 0. The smallest absolute Gasteiger partial charge is 0.191 e. The fourth-order valence-corrected chi connectivity index (χ4v) is 1.58. The number of guanidine groups is 1. The quantitative estimate of drug-likeness (QED) is 0.308. The molecule has 0 aromatic carbocycles. The lowest BCUT2D eigenvalue weighted by Gasteiger charge is -2.11. The Balaban J connectivity index is 0.00000361. The van der Waals surface area contributed by atoms with Crippen molar-refractivity contribution in [2.24, 2.45) is 4.99 Å². The molecule has 0 bridgehead atoms. The Labute approximate surface area is 138 Å². The van der Waals surface area contributed by atoms with Gasteiger partial charge in [0.25, 0.3) is 0 Å². The minimum atomic E-state index is 0. The highest BCUT2D eigenvalue weighted by Crippen LogP contribution is 1.92. The van der Waals surface area contributed by atoms with Crippen molar-refractivity contribution >= 4 is 29.9 Å². The van der Waals surface area contributed by atoms with Gasteiger partial charge in [-0.15, -0.1) is 24.0 Å². The molecular weight excluding hydrogens is 367 g/mol. The summed E-state index contributed by atoms with van der Waals surface area (Å²) in [7, 11) is 1.77. The molecule has 6 heteroatoms. The standard InChI is InChI=1S/C14H24N4O.HI/c1-3-19-11-7-6-10-17-14(15-2)18-12-13-8-4-5-9-16-13;/h4-5,8-9H,3,6-7,10-12H2,1-2H3,(H2,15,17,18);1H. The molecule has 1 rings (SSSR count). The van der Waals surface area contributed by atoms with Gasteiger partial charge in [0.2, 0.25) is 0 Å². The van der Waals surface area contributed by atoms with E-state index < -0.39 is 0 Å². The van der Waals surface area contributed by atoms with Crippen molar-refractivity contribution in [3.8, 4) is 0 Å². The van der Waals surface area contributed by atoms with Crippen molar-refractivity contribution in [2.75, 3.05) is 26.8 Å². The first-order valence-electron chi connectivity index (χ1n) is 6.79. The van der Waals surface area contributed by atoms with Crippen LogP contribution in [0.5, 0.6) is 0 Å². The zero-order valence-corrected chi connectivity index (χ0v) is 14.6. The third kappa shape index (κ3) is 9.08. The van der Waals surface area contributed by atoms with Gasteiger partial charge in [-0.2, -0.15) is 0 Å². The van der Waals surface area contributed by atoms with Gasteiger partial charge in [0.15, 0.2) is 5.96 Å². The van der Waals surface area contributed by atoms with Crippen LogP contribution in [0.15, 0.2) is 29.4 Å². The van der Waals surface area contributed by atoms with Crippen molar-refractivity contribution < 1.29 is 4.74 Å². The molecule has 114 valence electrons. The molecule has 0 fully saturated rings. The maximum atomic E-state index is 5.29. The summed E-state index contributed by atoms with van der Waals surface area (Å²) in [6.45, 7) is 5.22. The third-order valence-corrected chi connectivity index (χ3v) is 2.60. The van der Waals surface area contributed by atoms with Crippen LogP contribution in [0.1, 0.15) is 25.5 Å². The molecular formula is C14H25IN4O. The molecule has 0 aliphatic rings. The zero-order chi connectivity index (χ0) is 13.8. The SMILES string of the molecule is CCOCCCCNC(=NC)NCc1ccccn1.I. The Hall–Kier alpha value is -0.890. The van der Waals surface area contributed by atoms with E-state index in [0.29, 0.717) is 6.54 Å². The Morgan fingerprint density at radius 3 is 2.80 bits per heavy atom. The second kappa shape index (κ2) is 13.1. The van der Waals surface area contributed by atoms with E-state index >= 15 is 0 Å². The van der Waals surface area contributed by atoms with Crippen LogP contribution in [0.2, 0.25) is 0 Å². The molecule has 20 heavy (non-hydrogen) atoms. The first kappa shape index (κ1) is 19.1. The number of aromatic nitrogens is 1. The van der Waals surface area contributed by atoms with Crippen LogP contribution >= 0.6 is 24.0 Å². The number of nitrogens with one attached hydrogen (secondary N) is 2. The Morgan fingerprint density at radius 1 is 1.30 bits per heavy atom. The van der Waals surface area contributed by atoms with Crippen LogP contribution in [0, 0.1) is 0 Å². The minimum Gasteiger partial charge on any atom is -0.382 e. The maximum absolute atomic E-state index is 5.29. The second-order valence-corrected chi connectivity index (χ2v) is 4.08. The maximum Gasteiger partial charge on any atom is 0.191 e. The van der Waals surface area contributed by atoms with E-state index in [2.05, 4.69) is 20.6 Å². The van der Waals surface area contributed by atoms with Crippen LogP contribution in [0.25, 0.3) is 0 Å². The second-order valence-electron chi connectivity index (χ2n) is 4.08. The summed E-state index contributed by atoms with van der Waals surface area (Å²) in [5, 5.41) is 6.51. The molecule has 0 spiro atoms. The summed E-state index contributed by atoms with van der Waals surface area (Å²) in [5.41, 5.74) is 1.00. The van der Waals surface area contributed by atoms with Gasteiger partial charge in [-0.05, 0) is 31.9 Å². The molecule has 1 aromatic heterocycles. The molecule has 0 aliphatic heterocycles. The van der Waals surface area contributed by atoms with E-state index in [4.69, 9.17) is 4.74 Å². The predicted octanol–water partition coefficient (Wildman–Crippen LogP) is 2.18. The summed E-state index contributed by atoms with van der Waals surface area (Å²) in [4.78, 5) is 8.43. The van der Waals surface area contributed by atoms with Crippen molar-refractivity contribution in [2.45, 2.75) is 26.3 Å². The number of halogens is 1. The molecule has 0 radical (unpaired) electrons. The molecule has 5 nitrogen and oxygen atoms in total. The predicted molar refractivity (Wildman–Crippen MR) is 93.6 cm³/mol. The molecule has 1 aromatic rings. The Morgan fingerprint density at radius 2 is 2.15 bits per heavy atom. The molecule has 2 N–H and O–H groups in total. The van der Waals surface area contributed by atoms with Gasteiger partial charge in [-0.25, -0.2) is 0 Å². The summed E-state index contributed by atoms with van der Waals surface area (Å²) in [6, 6.07) is 5.88. The molecule has 0 aliphatic carbocycles. The van der Waals surface area contributed by atoms with E-state index in [-0.39, 0.29) is 24.0 Å². The topological polar surface area (TPSA) is 58.5 Å². The Kier molecular flexibility index (Phi) is 12.5. The van der Waals surface area contributed by atoms with Crippen molar-refractivity contribution in [1.29, 1.82) is 0 Å². The molecule has 0 saturated carbocycles. The van der Waals surface area contributed by atoms with Gasteiger partial charge in [-0.3, -0.25) is 9.98 Å². The van der Waals surface area contributed by atoms with E-state index in [9.17, 15) is 0 Å². The van der Waals surface area contributed by atoms with Crippen molar-refractivity contribution in [1.82, 2.24) is 15.6 Å². The van der Waals surface area contributed by atoms with Gasteiger partial charge < -0.3 is 15.4 Å². The molecule has 0 amide bonds. The number of rotatable bonds is 8. The third-order valence-electron chi connectivity index (χ3n) is 2.60. The van der Waals surface area contributed by atoms with Gasteiger partial charge in [0.05, 0.1) is 12.2 Å². The van der Waals surface area contributed by atoms with Gasteiger partial charge >= 0.3 is 0 Å². The summed E-state index contributed by atoms with van der Waals surface area (Å²) in [6.07, 6.45) is 3.93. The monoisotopic (exact) mass is 392 g/mol. The van der Waals surface area contributed by atoms with Crippen LogP contribution in [-0.4, -0.2) is 37.7 Å². The lowest BCUT2D eigenvalue weighted by Crippen LogP contribution is -2.37. The average molecular weight is 392 g/mol. The number of aliphatic imine (C=N–C) groups is 1. The summed E-state index contributed by atoms with van der Waals surface area (Å²) >= 11 is 0. The van der Waals surface area contributed by atoms with Crippen molar-refractivity contribution in [3.63, 3.8) is 0 Å². The number of unbranched alkanes of at least 4 members (excludes halogenated alkanes) is 1. The number of hydrogen-bond donors (Lipinski definition) is 2. The summed E-state index contributed by atoms with van der Waals surface area (Å²) < 4.78 is 5.29. The molecule has 0 unspecified atom stereocenters. The normalized spacial score (nSPS) is 10.8. The lowest BCUT2D eigenvalue weighted by molar-refractivity contribution is 0.143. The van der Waals surface area contributed by atoms with Crippen LogP contribution in [0.3, 0.4) is 0 Å². The summed E-state index contributed by atoms with van der Waals surface area (Å²) in [5.74, 6) is 0.807. The fraction of sp³-hybridized carbons (Fsp3) is 0.571. The highest BCUT2D eigenvalue weighted by molar-refractivity contribution is 14.0. The Bertz CT molecular complexity index is 359. The highest BCUT2D eigenvalue weighted by Gasteiger charge is 1.98. The number of pyridine rings is 1. The van der Waals surface area contributed by atoms with Crippen LogP contribution in [0.4, 0.5) is 0 Å². The molecule has 1 heterocycles. The van der Waals surface area contributed by atoms with Crippen LogP contribution in [-0.2, 0) is 11.3 Å². The van der Waals surface area contributed by atoms with Gasteiger partial charge in [-0.1, -0.05) is 6.07 Å². The molecule has 0 saturated heterocycles. The average Bonchev–Trinajstić information content (AvgIpc) is 2.47. The number of nitrogens with zero attached hydrogens (tertiary/aromatic N) is 2. The number of hydrogen-bond acceptors (Lipinski definition) is 3.